The third-order valence-electron chi connectivity index (χ3n) is 3.41. The lowest BCUT2D eigenvalue weighted by molar-refractivity contribution is -0.128. The van der Waals surface area contributed by atoms with E-state index >= 15 is 0 Å². The second kappa shape index (κ2) is 3.92. The van der Waals surface area contributed by atoms with Crippen molar-refractivity contribution < 1.29 is 4.79 Å². The maximum Gasteiger partial charge on any atom is 0.253 e. The molecule has 3 rings (SSSR count). The maximum atomic E-state index is 11.7. The van der Waals surface area contributed by atoms with Gasteiger partial charge in [-0.25, -0.2) is 5.01 Å². The number of nitrogens with one attached hydrogen (secondary N) is 2. The highest BCUT2D eigenvalue weighted by Crippen LogP contribution is 2.30. The zero-order valence-electron chi connectivity index (χ0n) is 9.16. The van der Waals surface area contributed by atoms with Gasteiger partial charge in [-0.1, -0.05) is 24.6 Å². The van der Waals surface area contributed by atoms with Gasteiger partial charge in [-0.2, -0.15) is 10.5 Å². The molecule has 1 saturated heterocycles. The van der Waals surface area contributed by atoms with E-state index in [0.29, 0.717) is 5.75 Å². The Balaban J connectivity index is 1.81. The van der Waals surface area contributed by atoms with Crippen molar-refractivity contribution in [2.24, 2.45) is 5.10 Å². The molecule has 1 aliphatic carbocycles. The van der Waals surface area contributed by atoms with Gasteiger partial charge in [-0.3, -0.25) is 10.2 Å². The summed E-state index contributed by atoms with van der Waals surface area (Å²) in [6.07, 6.45) is 7.03. The molecule has 6 heteroatoms. The van der Waals surface area contributed by atoms with Gasteiger partial charge in [-0.15, -0.1) is 0 Å². The topological polar surface area (TPSA) is 56.7 Å². The fourth-order valence-electron chi connectivity index (χ4n) is 2.50. The van der Waals surface area contributed by atoms with Crippen molar-refractivity contribution in [3.05, 3.63) is 0 Å². The van der Waals surface area contributed by atoms with Crippen molar-refractivity contribution in [2.75, 3.05) is 5.75 Å². The highest BCUT2D eigenvalue weighted by atomic mass is 32.2. The summed E-state index contributed by atoms with van der Waals surface area (Å²) in [6.45, 7) is 0. The van der Waals surface area contributed by atoms with Crippen LogP contribution in [0.5, 0.6) is 0 Å². The number of rotatable bonds is 0. The van der Waals surface area contributed by atoms with E-state index in [1.165, 1.54) is 37.4 Å². The van der Waals surface area contributed by atoms with Gasteiger partial charge in [0.05, 0.1) is 5.75 Å². The lowest BCUT2D eigenvalue weighted by Crippen LogP contribution is -2.65. The first-order chi connectivity index (χ1) is 7.79. The minimum atomic E-state index is -0.180. The van der Waals surface area contributed by atoms with Gasteiger partial charge in [0.25, 0.3) is 5.91 Å². The molecular weight excluding hydrogens is 224 g/mol. The fraction of sp³-hybridized carbons (Fsp3) is 0.800. The molecule has 1 spiro atoms. The zero-order valence-corrected chi connectivity index (χ0v) is 9.98. The maximum absolute atomic E-state index is 11.7. The molecule has 2 heterocycles. The number of hydrazone groups is 1. The van der Waals surface area contributed by atoms with Crippen LogP contribution in [-0.2, 0) is 4.79 Å². The van der Waals surface area contributed by atoms with Crippen LogP contribution in [0.1, 0.15) is 38.5 Å². The van der Waals surface area contributed by atoms with Gasteiger partial charge in [0.15, 0.2) is 0 Å². The molecule has 0 aromatic rings. The molecule has 2 fully saturated rings. The SMILES string of the molecule is O=C1CSC2=NNC3(CCCCCC3)NN12. The summed E-state index contributed by atoms with van der Waals surface area (Å²) in [6, 6.07) is 0. The smallest absolute Gasteiger partial charge is 0.253 e. The van der Waals surface area contributed by atoms with Crippen molar-refractivity contribution in [1.29, 1.82) is 0 Å². The highest BCUT2D eigenvalue weighted by Gasteiger charge is 2.41. The van der Waals surface area contributed by atoms with Gasteiger partial charge in [0.2, 0.25) is 5.17 Å². The molecule has 3 aliphatic rings. The van der Waals surface area contributed by atoms with Gasteiger partial charge >= 0.3 is 0 Å². The molecule has 2 aliphatic heterocycles. The molecule has 0 radical (unpaired) electrons. The number of nitrogens with zero attached hydrogens (tertiary/aromatic N) is 2. The third kappa shape index (κ3) is 1.69. The lowest BCUT2D eigenvalue weighted by atomic mass is 10.0. The van der Waals surface area contributed by atoms with Gasteiger partial charge in [-0.05, 0) is 25.7 Å². The summed E-state index contributed by atoms with van der Waals surface area (Å²) >= 11 is 1.49. The summed E-state index contributed by atoms with van der Waals surface area (Å²) in [7, 11) is 0. The monoisotopic (exact) mass is 240 g/mol. The average Bonchev–Trinajstić information content (AvgIpc) is 2.51. The number of amides is 1. The van der Waals surface area contributed by atoms with Crippen LogP contribution in [0.2, 0.25) is 0 Å². The molecule has 0 atom stereocenters. The second-order valence-corrected chi connectivity index (χ2v) is 5.57. The molecule has 2 N–H and O–H groups in total. The minimum absolute atomic E-state index is 0.119. The van der Waals surface area contributed by atoms with E-state index in [1.54, 1.807) is 5.01 Å². The molecule has 0 aromatic carbocycles. The number of hydrogen-bond donors (Lipinski definition) is 2. The van der Waals surface area contributed by atoms with Crippen LogP contribution in [-0.4, -0.2) is 27.5 Å². The van der Waals surface area contributed by atoms with Crippen LogP contribution < -0.4 is 10.9 Å². The van der Waals surface area contributed by atoms with E-state index in [1.807, 2.05) is 0 Å². The fourth-order valence-corrected chi connectivity index (χ4v) is 3.27. The van der Waals surface area contributed by atoms with E-state index in [4.69, 9.17) is 0 Å². The van der Waals surface area contributed by atoms with Crippen LogP contribution in [0.25, 0.3) is 0 Å². The number of thioether (sulfide) groups is 1. The Hall–Kier alpha value is -0.750. The second-order valence-electron chi connectivity index (χ2n) is 4.63. The number of amidine groups is 1. The highest BCUT2D eigenvalue weighted by molar-refractivity contribution is 8.15. The van der Waals surface area contributed by atoms with Crippen molar-refractivity contribution in [3.8, 4) is 0 Å². The first kappa shape index (κ1) is 10.4. The summed E-state index contributed by atoms with van der Waals surface area (Å²) in [5, 5.41) is 6.73. The minimum Gasteiger partial charge on any atom is -0.286 e. The standard InChI is InChI=1S/C10H16N4OS/c15-8-7-16-9-11-12-10(13-14(8)9)5-3-1-2-4-6-10/h12-13H,1-7H2. The summed E-state index contributed by atoms with van der Waals surface area (Å²) < 4.78 is 0. The molecule has 88 valence electrons. The Labute approximate surface area is 99.0 Å². The Morgan fingerprint density at radius 3 is 2.75 bits per heavy atom. The normalized spacial score (nSPS) is 28.4. The number of carbonyl (C=O) groups excluding carboxylic acids is 1. The lowest BCUT2D eigenvalue weighted by Gasteiger charge is -2.40. The van der Waals surface area contributed by atoms with Crippen molar-refractivity contribution in [2.45, 2.75) is 44.2 Å². The van der Waals surface area contributed by atoms with Crippen LogP contribution in [0.4, 0.5) is 0 Å². The summed E-state index contributed by atoms with van der Waals surface area (Å²) in [5.41, 5.74) is 6.39. The summed E-state index contributed by atoms with van der Waals surface area (Å²) in [4.78, 5) is 11.7. The number of fused-ring (bicyclic) bond motifs is 1. The van der Waals surface area contributed by atoms with E-state index in [2.05, 4.69) is 16.0 Å². The van der Waals surface area contributed by atoms with E-state index in [9.17, 15) is 4.79 Å². The van der Waals surface area contributed by atoms with Crippen LogP contribution >= 0.6 is 11.8 Å². The molecule has 1 amide bonds. The largest absolute Gasteiger partial charge is 0.286 e. The Bertz CT molecular complexity index is 336. The van der Waals surface area contributed by atoms with E-state index in [0.717, 1.165) is 18.0 Å². The van der Waals surface area contributed by atoms with E-state index < -0.39 is 0 Å². The number of hydrogen-bond acceptors (Lipinski definition) is 5. The quantitative estimate of drug-likeness (QED) is 0.663. The van der Waals surface area contributed by atoms with Gasteiger partial charge in [0.1, 0.15) is 5.66 Å². The Morgan fingerprint density at radius 1 is 1.25 bits per heavy atom. The van der Waals surface area contributed by atoms with Crippen LogP contribution in [0.3, 0.4) is 0 Å². The number of hydrazine groups is 1. The van der Waals surface area contributed by atoms with Crippen molar-refractivity contribution >= 4 is 22.8 Å². The van der Waals surface area contributed by atoms with Gasteiger partial charge in [0, 0.05) is 0 Å². The molecular formula is C10H16N4OS. The Morgan fingerprint density at radius 2 is 2.00 bits per heavy atom. The zero-order chi connectivity index (χ0) is 11.0. The summed E-state index contributed by atoms with van der Waals surface area (Å²) in [5.74, 6) is 0.623. The van der Waals surface area contributed by atoms with Crippen LogP contribution in [0, 0.1) is 0 Å². The molecule has 0 unspecified atom stereocenters. The average molecular weight is 240 g/mol. The van der Waals surface area contributed by atoms with E-state index in [-0.39, 0.29) is 11.6 Å². The molecule has 16 heavy (non-hydrogen) atoms. The number of carbonyl (C=O) groups is 1. The molecule has 0 aromatic heterocycles. The van der Waals surface area contributed by atoms with Crippen molar-refractivity contribution in [3.63, 3.8) is 0 Å². The van der Waals surface area contributed by atoms with Crippen LogP contribution in [0.15, 0.2) is 5.10 Å². The predicted molar refractivity (Wildman–Crippen MR) is 63.4 cm³/mol. The third-order valence-corrected chi connectivity index (χ3v) is 4.34. The van der Waals surface area contributed by atoms with Gasteiger partial charge < -0.3 is 0 Å². The first-order valence-electron chi connectivity index (χ1n) is 5.88. The van der Waals surface area contributed by atoms with Crippen molar-refractivity contribution in [1.82, 2.24) is 15.9 Å². The first-order valence-corrected chi connectivity index (χ1v) is 6.86. The molecule has 0 bridgehead atoms. The predicted octanol–water partition coefficient (Wildman–Crippen LogP) is 0.991. The molecule has 5 nitrogen and oxygen atoms in total. The Kier molecular flexibility index (Phi) is 2.55. The molecule has 1 saturated carbocycles.